The third-order valence-electron chi connectivity index (χ3n) is 4.24. The molecule has 5 heteroatoms. The highest BCUT2D eigenvalue weighted by Gasteiger charge is 2.19. The summed E-state index contributed by atoms with van der Waals surface area (Å²) in [4.78, 5) is 14.1. The van der Waals surface area contributed by atoms with Gasteiger partial charge in [0.25, 0.3) is 0 Å². The van der Waals surface area contributed by atoms with Gasteiger partial charge in [-0.15, -0.1) is 0 Å². The summed E-state index contributed by atoms with van der Waals surface area (Å²) in [6, 6.07) is 8.95. The van der Waals surface area contributed by atoms with E-state index in [2.05, 4.69) is 6.92 Å². The molecule has 126 valence electrons. The van der Waals surface area contributed by atoms with Crippen LogP contribution in [0.1, 0.15) is 25.5 Å². The van der Waals surface area contributed by atoms with E-state index in [1.54, 1.807) is 24.3 Å². The van der Waals surface area contributed by atoms with Gasteiger partial charge in [-0.2, -0.15) is 0 Å². The van der Waals surface area contributed by atoms with E-state index >= 15 is 0 Å². The Labute approximate surface area is 146 Å². The summed E-state index contributed by atoms with van der Waals surface area (Å²) in [5.74, 6) is 1.87. The largest absolute Gasteiger partial charge is 0.457 e. The number of nitrogens with two attached hydrogens (primary N) is 1. The highest BCUT2D eigenvalue weighted by molar-refractivity contribution is 6.33. The highest BCUT2D eigenvalue weighted by Crippen LogP contribution is 2.31. The number of nitrogens with zero attached hydrogens (tertiary/aromatic N) is 1. The van der Waals surface area contributed by atoms with Crippen LogP contribution in [0.5, 0.6) is 0 Å². The van der Waals surface area contributed by atoms with E-state index in [4.69, 9.17) is 21.8 Å². The topological polar surface area (TPSA) is 59.5 Å². The molecule has 3 rings (SSSR count). The van der Waals surface area contributed by atoms with Crippen molar-refractivity contribution in [2.24, 2.45) is 5.92 Å². The van der Waals surface area contributed by atoms with Crippen molar-refractivity contribution in [3.63, 3.8) is 0 Å². The second-order valence-corrected chi connectivity index (χ2v) is 6.71. The molecule has 2 N–H and O–H groups in total. The molecule has 0 aliphatic carbocycles. The lowest BCUT2D eigenvalue weighted by Crippen LogP contribution is -2.38. The van der Waals surface area contributed by atoms with Gasteiger partial charge in [-0.3, -0.25) is 4.79 Å². The lowest BCUT2D eigenvalue weighted by Gasteiger charge is -2.29. The average Bonchev–Trinajstić information content (AvgIpc) is 3.01. The number of likely N-dealkylation sites (tertiary alicyclic amines) is 1. The van der Waals surface area contributed by atoms with Gasteiger partial charge < -0.3 is 15.1 Å². The van der Waals surface area contributed by atoms with Gasteiger partial charge in [0.15, 0.2) is 0 Å². The molecule has 1 aliphatic rings. The van der Waals surface area contributed by atoms with Gasteiger partial charge in [-0.05, 0) is 55.2 Å². The van der Waals surface area contributed by atoms with E-state index in [0.29, 0.717) is 28.1 Å². The summed E-state index contributed by atoms with van der Waals surface area (Å²) in [6.45, 7) is 3.84. The number of carbonyl (C=O) groups is 1. The Hall–Kier alpha value is -2.20. The molecule has 1 unspecified atom stereocenters. The van der Waals surface area contributed by atoms with Crippen LogP contribution in [0, 0.1) is 5.92 Å². The average molecular weight is 345 g/mol. The van der Waals surface area contributed by atoms with Crippen LogP contribution in [0.4, 0.5) is 5.69 Å². The molecule has 1 fully saturated rings. The normalized spacial score (nSPS) is 18.2. The van der Waals surface area contributed by atoms with Crippen LogP contribution in [0.2, 0.25) is 5.02 Å². The molecule has 1 saturated heterocycles. The molecule has 4 nitrogen and oxygen atoms in total. The van der Waals surface area contributed by atoms with Crippen molar-refractivity contribution in [2.45, 2.75) is 19.8 Å². The molecule has 2 aromatic rings. The van der Waals surface area contributed by atoms with Crippen molar-refractivity contribution in [1.82, 2.24) is 4.90 Å². The molecule has 2 heterocycles. The monoisotopic (exact) mass is 344 g/mol. The Bertz CT molecular complexity index is 766. The Balaban J connectivity index is 1.70. The second-order valence-electron chi connectivity index (χ2n) is 6.31. The number of amides is 1. The predicted molar refractivity (Wildman–Crippen MR) is 97.6 cm³/mol. The third kappa shape index (κ3) is 3.82. The lowest BCUT2D eigenvalue weighted by atomic mass is 10.0. The fourth-order valence-corrected chi connectivity index (χ4v) is 3.25. The van der Waals surface area contributed by atoms with Crippen LogP contribution in [0.25, 0.3) is 17.4 Å². The Morgan fingerprint density at radius 1 is 1.38 bits per heavy atom. The molecular weight excluding hydrogens is 324 g/mol. The molecular formula is C19H21ClN2O2. The lowest BCUT2D eigenvalue weighted by molar-refractivity contribution is -0.127. The minimum absolute atomic E-state index is 0.0324. The van der Waals surface area contributed by atoms with Gasteiger partial charge in [-0.25, -0.2) is 0 Å². The van der Waals surface area contributed by atoms with E-state index < -0.39 is 0 Å². The Morgan fingerprint density at radius 3 is 2.96 bits per heavy atom. The number of hydrogen-bond donors (Lipinski definition) is 1. The van der Waals surface area contributed by atoms with E-state index in [1.165, 1.54) is 6.42 Å². The van der Waals surface area contributed by atoms with Crippen molar-refractivity contribution in [3.05, 3.63) is 47.2 Å². The van der Waals surface area contributed by atoms with Crippen LogP contribution >= 0.6 is 11.6 Å². The summed E-state index contributed by atoms with van der Waals surface area (Å²) in [7, 11) is 0. The predicted octanol–water partition coefficient (Wildman–Crippen LogP) is 4.45. The van der Waals surface area contributed by atoms with Gasteiger partial charge in [0.1, 0.15) is 11.5 Å². The molecule has 1 atom stereocenters. The Kier molecular flexibility index (Phi) is 4.95. The summed E-state index contributed by atoms with van der Waals surface area (Å²) in [6.07, 6.45) is 5.54. The number of halogens is 1. The van der Waals surface area contributed by atoms with Gasteiger partial charge >= 0.3 is 0 Å². The number of hydrogen-bond acceptors (Lipinski definition) is 3. The molecule has 1 aliphatic heterocycles. The third-order valence-corrected chi connectivity index (χ3v) is 4.56. The maximum atomic E-state index is 12.2. The van der Waals surface area contributed by atoms with Gasteiger partial charge in [0.05, 0.1) is 5.02 Å². The number of carbonyl (C=O) groups excluding carboxylic acids is 1. The van der Waals surface area contributed by atoms with Crippen LogP contribution in [0.15, 0.2) is 40.8 Å². The first-order chi connectivity index (χ1) is 11.5. The molecule has 0 spiro atoms. The van der Waals surface area contributed by atoms with Gasteiger partial charge in [-0.1, -0.05) is 18.5 Å². The zero-order valence-electron chi connectivity index (χ0n) is 13.7. The van der Waals surface area contributed by atoms with Crippen LogP contribution in [-0.4, -0.2) is 23.9 Å². The summed E-state index contributed by atoms with van der Waals surface area (Å²) < 4.78 is 5.77. The number of anilines is 1. The second kappa shape index (κ2) is 7.14. The first-order valence-corrected chi connectivity index (χ1v) is 8.53. The smallest absolute Gasteiger partial charge is 0.246 e. The number of piperidine rings is 1. The quantitative estimate of drug-likeness (QED) is 0.660. The maximum absolute atomic E-state index is 12.2. The number of benzene rings is 1. The molecule has 0 bridgehead atoms. The molecule has 24 heavy (non-hydrogen) atoms. The standard InChI is InChI=1S/C19H21ClN2O2/c1-13-3-2-10-22(12-13)19(23)9-6-15-5-8-18(24-15)16-7-4-14(21)11-17(16)20/h4-9,11,13H,2-3,10,12,21H2,1H3/b9-6+. The van der Waals surface area contributed by atoms with Gasteiger partial charge in [0, 0.05) is 30.4 Å². The van der Waals surface area contributed by atoms with E-state index in [9.17, 15) is 4.79 Å². The first-order valence-electron chi connectivity index (χ1n) is 8.15. The minimum atomic E-state index is 0.0324. The van der Waals surface area contributed by atoms with Crippen molar-refractivity contribution < 1.29 is 9.21 Å². The van der Waals surface area contributed by atoms with Crippen molar-refractivity contribution in [3.8, 4) is 11.3 Å². The molecule has 0 saturated carbocycles. The zero-order chi connectivity index (χ0) is 17.1. The highest BCUT2D eigenvalue weighted by atomic mass is 35.5. The fourth-order valence-electron chi connectivity index (χ4n) is 2.97. The summed E-state index contributed by atoms with van der Waals surface area (Å²) in [5, 5.41) is 0.540. The Morgan fingerprint density at radius 2 is 2.21 bits per heavy atom. The fraction of sp³-hybridized carbons (Fsp3) is 0.316. The molecule has 0 radical (unpaired) electrons. The summed E-state index contributed by atoms with van der Waals surface area (Å²) in [5.41, 5.74) is 7.09. The number of rotatable bonds is 3. The zero-order valence-corrected chi connectivity index (χ0v) is 14.4. The molecule has 1 amide bonds. The molecule has 1 aromatic carbocycles. The SMILES string of the molecule is CC1CCCN(C(=O)/C=C/c2ccc(-c3ccc(N)cc3Cl)o2)C1. The number of furan rings is 1. The van der Waals surface area contributed by atoms with E-state index in [0.717, 1.165) is 25.1 Å². The maximum Gasteiger partial charge on any atom is 0.246 e. The minimum Gasteiger partial charge on any atom is -0.457 e. The van der Waals surface area contributed by atoms with Crippen molar-refractivity contribution in [1.29, 1.82) is 0 Å². The van der Waals surface area contributed by atoms with E-state index in [-0.39, 0.29) is 5.91 Å². The number of nitrogen functional groups attached to an aromatic ring is 1. The van der Waals surface area contributed by atoms with Crippen LogP contribution < -0.4 is 5.73 Å². The first kappa shape index (κ1) is 16.7. The van der Waals surface area contributed by atoms with Gasteiger partial charge in [0.2, 0.25) is 5.91 Å². The molecule has 1 aromatic heterocycles. The van der Waals surface area contributed by atoms with Crippen LogP contribution in [-0.2, 0) is 4.79 Å². The van der Waals surface area contributed by atoms with Crippen molar-refractivity contribution >= 4 is 29.3 Å². The van der Waals surface area contributed by atoms with E-state index in [1.807, 2.05) is 23.1 Å². The van der Waals surface area contributed by atoms with Crippen molar-refractivity contribution in [2.75, 3.05) is 18.8 Å². The summed E-state index contributed by atoms with van der Waals surface area (Å²) >= 11 is 6.20. The van der Waals surface area contributed by atoms with Crippen LogP contribution in [0.3, 0.4) is 0 Å².